The molecule has 2 N–H and O–H groups in total. The van der Waals surface area contributed by atoms with Crippen molar-refractivity contribution >= 4 is 0 Å². The lowest BCUT2D eigenvalue weighted by Crippen LogP contribution is -2.42. The molecule has 1 saturated heterocycles. The Kier molecular flexibility index (Phi) is 2.79. The average molecular weight is 194 g/mol. The Labute approximate surface area is 83.5 Å². The third-order valence-electron chi connectivity index (χ3n) is 2.65. The van der Waals surface area contributed by atoms with E-state index in [0.29, 0.717) is 6.04 Å². The van der Waals surface area contributed by atoms with Crippen LogP contribution in [0.4, 0.5) is 4.39 Å². The first kappa shape index (κ1) is 9.62. The molecule has 0 radical (unpaired) electrons. The summed E-state index contributed by atoms with van der Waals surface area (Å²) in [6.45, 7) is 4.86. The fourth-order valence-corrected chi connectivity index (χ4v) is 1.90. The Morgan fingerprint density at radius 1 is 1.36 bits per heavy atom. The van der Waals surface area contributed by atoms with Crippen LogP contribution >= 0.6 is 0 Å². The highest BCUT2D eigenvalue weighted by Crippen LogP contribution is 2.18. The van der Waals surface area contributed by atoms with Crippen molar-refractivity contribution in [3.63, 3.8) is 0 Å². The van der Waals surface area contributed by atoms with Crippen molar-refractivity contribution in [1.82, 2.24) is 10.6 Å². The van der Waals surface area contributed by atoms with Gasteiger partial charge in [0.2, 0.25) is 0 Å². The molecule has 0 bridgehead atoms. The molecule has 1 atom stereocenters. The summed E-state index contributed by atoms with van der Waals surface area (Å²) in [5, 5.41) is 6.73. The van der Waals surface area contributed by atoms with Gasteiger partial charge in [0, 0.05) is 25.7 Å². The summed E-state index contributed by atoms with van der Waals surface area (Å²) in [6, 6.07) is 5.31. The average Bonchev–Trinajstić information content (AvgIpc) is 2.19. The molecule has 1 aromatic rings. The molecule has 1 aromatic carbocycles. The van der Waals surface area contributed by atoms with Crippen LogP contribution in [0.25, 0.3) is 0 Å². The Hall–Kier alpha value is -0.930. The third kappa shape index (κ3) is 1.94. The highest BCUT2D eigenvalue weighted by Gasteiger charge is 2.15. The summed E-state index contributed by atoms with van der Waals surface area (Å²) in [5.74, 6) is -0.157. The van der Waals surface area contributed by atoms with Gasteiger partial charge in [-0.3, -0.25) is 0 Å². The Bertz CT molecular complexity index is 319. The maximum Gasteiger partial charge on any atom is 0.123 e. The number of halogens is 1. The predicted molar refractivity (Wildman–Crippen MR) is 54.8 cm³/mol. The van der Waals surface area contributed by atoms with Crippen molar-refractivity contribution in [3.05, 3.63) is 35.1 Å². The second-order valence-electron chi connectivity index (χ2n) is 3.71. The van der Waals surface area contributed by atoms with Gasteiger partial charge in [0.05, 0.1) is 0 Å². The smallest absolute Gasteiger partial charge is 0.123 e. The Morgan fingerprint density at radius 2 is 2.21 bits per heavy atom. The number of hydrogen-bond donors (Lipinski definition) is 2. The van der Waals surface area contributed by atoms with Crippen molar-refractivity contribution in [3.8, 4) is 0 Å². The fraction of sp³-hybridized carbons (Fsp3) is 0.455. The van der Waals surface area contributed by atoms with Gasteiger partial charge in [-0.1, -0.05) is 6.07 Å². The van der Waals surface area contributed by atoms with Crippen LogP contribution in [0.5, 0.6) is 0 Å². The zero-order chi connectivity index (χ0) is 9.97. The zero-order valence-corrected chi connectivity index (χ0v) is 8.31. The van der Waals surface area contributed by atoms with Gasteiger partial charge in [-0.15, -0.1) is 0 Å². The molecular formula is C11H15FN2. The summed E-state index contributed by atoms with van der Waals surface area (Å²) in [4.78, 5) is 0. The van der Waals surface area contributed by atoms with E-state index in [1.165, 1.54) is 11.6 Å². The molecule has 0 aromatic heterocycles. The molecule has 3 heteroatoms. The zero-order valence-electron chi connectivity index (χ0n) is 8.31. The van der Waals surface area contributed by atoms with Crippen LogP contribution < -0.4 is 10.6 Å². The second kappa shape index (κ2) is 4.07. The van der Waals surface area contributed by atoms with E-state index in [4.69, 9.17) is 0 Å². The Balaban J connectivity index is 2.22. The van der Waals surface area contributed by atoms with Crippen LogP contribution in [0.3, 0.4) is 0 Å². The van der Waals surface area contributed by atoms with Gasteiger partial charge in [-0.2, -0.15) is 0 Å². The van der Waals surface area contributed by atoms with E-state index < -0.39 is 0 Å². The monoisotopic (exact) mass is 194 g/mol. The van der Waals surface area contributed by atoms with Gasteiger partial charge >= 0.3 is 0 Å². The van der Waals surface area contributed by atoms with Crippen LogP contribution in [0, 0.1) is 12.7 Å². The summed E-state index contributed by atoms with van der Waals surface area (Å²) >= 11 is 0. The lowest BCUT2D eigenvalue weighted by Gasteiger charge is -2.26. The van der Waals surface area contributed by atoms with Gasteiger partial charge in [0.25, 0.3) is 0 Å². The molecule has 0 unspecified atom stereocenters. The van der Waals surface area contributed by atoms with Crippen LogP contribution in [0.15, 0.2) is 18.2 Å². The second-order valence-corrected chi connectivity index (χ2v) is 3.71. The molecule has 0 saturated carbocycles. The molecule has 1 heterocycles. The highest BCUT2D eigenvalue weighted by molar-refractivity contribution is 5.30. The maximum atomic E-state index is 12.9. The van der Waals surface area contributed by atoms with Crippen LogP contribution in [0.2, 0.25) is 0 Å². The lowest BCUT2D eigenvalue weighted by molar-refractivity contribution is 0.428. The molecule has 1 fully saturated rings. The van der Waals surface area contributed by atoms with E-state index >= 15 is 0 Å². The van der Waals surface area contributed by atoms with Gasteiger partial charge in [-0.05, 0) is 30.2 Å². The van der Waals surface area contributed by atoms with Crippen molar-refractivity contribution in [2.24, 2.45) is 0 Å². The molecule has 0 spiro atoms. The molecular weight excluding hydrogens is 179 g/mol. The molecule has 2 rings (SSSR count). The van der Waals surface area contributed by atoms with E-state index in [9.17, 15) is 4.39 Å². The summed E-state index contributed by atoms with van der Waals surface area (Å²) in [6.07, 6.45) is 0. The van der Waals surface area contributed by atoms with E-state index in [0.717, 1.165) is 25.2 Å². The highest BCUT2D eigenvalue weighted by atomic mass is 19.1. The predicted octanol–water partition coefficient (Wildman–Crippen LogP) is 1.37. The van der Waals surface area contributed by atoms with Crippen molar-refractivity contribution in [2.45, 2.75) is 13.0 Å². The number of aryl methyl sites for hydroxylation is 1. The normalized spacial score (nSPS) is 22.3. The summed E-state index contributed by atoms with van der Waals surface area (Å²) < 4.78 is 12.9. The summed E-state index contributed by atoms with van der Waals surface area (Å²) in [5.41, 5.74) is 2.21. The topological polar surface area (TPSA) is 24.1 Å². The largest absolute Gasteiger partial charge is 0.314 e. The first-order valence-corrected chi connectivity index (χ1v) is 4.97. The van der Waals surface area contributed by atoms with Gasteiger partial charge < -0.3 is 10.6 Å². The maximum absolute atomic E-state index is 12.9. The van der Waals surface area contributed by atoms with Crippen molar-refractivity contribution < 1.29 is 4.39 Å². The van der Waals surface area contributed by atoms with E-state index in [2.05, 4.69) is 10.6 Å². The summed E-state index contributed by atoms with van der Waals surface area (Å²) in [7, 11) is 0. The minimum atomic E-state index is -0.157. The molecule has 1 aliphatic rings. The van der Waals surface area contributed by atoms with Gasteiger partial charge in [-0.25, -0.2) is 4.39 Å². The van der Waals surface area contributed by atoms with Gasteiger partial charge in [0.1, 0.15) is 5.82 Å². The van der Waals surface area contributed by atoms with Gasteiger partial charge in [0.15, 0.2) is 0 Å². The fourth-order valence-electron chi connectivity index (χ4n) is 1.90. The van der Waals surface area contributed by atoms with Crippen LogP contribution in [-0.2, 0) is 0 Å². The molecule has 14 heavy (non-hydrogen) atoms. The number of hydrogen-bond acceptors (Lipinski definition) is 2. The number of rotatable bonds is 1. The number of piperazine rings is 1. The van der Waals surface area contributed by atoms with E-state index in [1.807, 2.05) is 13.0 Å². The van der Waals surface area contributed by atoms with Crippen molar-refractivity contribution in [1.29, 1.82) is 0 Å². The molecule has 1 aliphatic heterocycles. The molecule has 0 aliphatic carbocycles. The SMILES string of the molecule is Cc1cc(F)ccc1[C@@H]1CNCCN1. The van der Waals surface area contributed by atoms with E-state index in [1.54, 1.807) is 6.07 Å². The van der Waals surface area contributed by atoms with E-state index in [-0.39, 0.29) is 5.82 Å². The van der Waals surface area contributed by atoms with Crippen LogP contribution in [0.1, 0.15) is 17.2 Å². The minimum absolute atomic E-state index is 0.157. The van der Waals surface area contributed by atoms with Crippen LogP contribution in [-0.4, -0.2) is 19.6 Å². The molecule has 76 valence electrons. The molecule has 0 amide bonds. The quantitative estimate of drug-likeness (QED) is 0.705. The minimum Gasteiger partial charge on any atom is -0.314 e. The lowest BCUT2D eigenvalue weighted by atomic mass is 10.00. The standard InChI is InChI=1S/C11H15FN2/c1-8-6-9(12)2-3-10(8)11-7-13-4-5-14-11/h2-3,6,11,13-14H,4-5,7H2,1H3/t11-/m0/s1. The third-order valence-corrected chi connectivity index (χ3v) is 2.65. The van der Waals surface area contributed by atoms with Crippen molar-refractivity contribution in [2.75, 3.05) is 19.6 Å². The number of benzene rings is 1. The number of nitrogens with one attached hydrogen (secondary N) is 2. The first-order valence-electron chi connectivity index (χ1n) is 4.97. The first-order chi connectivity index (χ1) is 6.77. The Morgan fingerprint density at radius 3 is 2.86 bits per heavy atom. The molecule has 2 nitrogen and oxygen atoms in total.